The summed E-state index contributed by atoms with van der Waals surface area (Å²) in [6, 6.07) is 45.3. The van der Waals surface area contributed by atoms with E-state index in [0.29, 0.717) is 0 Å². The molecule has 1 nitrogen and oxygen atoms in total. The van der Waals surface area contributed by atoms with Gasteiger partial charge in [0.1, 0.15) is 0 Å². The van der Waals surface area contributed by atoms with Gasteiger partial charge in [-0.2, -0.15) is 0 Å². The summed E-state index contributed by atoms with van der Waals surface area (Å²) in [5, 5.41) is 2.58. The number of benzene rings is 5. The predicted octanol–water partition coefficient (Wildman–Crippen LogP) is 10.3. The molecule has 0 bridgehead atoms. The number of hydrogen-bond donors (Lipinski definition) is 0. The Morgan fingerprint density at radius 1 is 0.615 bits per heavy atom. The summed E-state index contributed by atoms with van der Waals surface area (Å²) < 4.78 is 2.61. The van der Waals surface area contributed by atoms with Gasteiger partial charge in [0.25, 0.3) is 0 Å². The smallest absolute Gasteiger partial charge is 0.0941 e. The number of aliphatic imine (C=N–C) groups is 1. The first-order valence-corrected chi connectivity index (χ1v) is 14.2. The summed E-state index contributed by atoms with van der Waals surface area (Å²) in [6.07, 6.45) is 4.51. The van der Waals surface area contributed by atoms with Gasteiger partial charge in [-0.1, -0.05) is 133 Å². The monoisotopic (exact) mass is 517 g/mol. The number of hydrogen-bond acceptors (Lipinski definition) is 2. The summed E-state index contributed by atoms with van der Waals surface area (Å²) in [5.74, 6) is 0. The molecule has 0 N–H and O–H groups in total. The van der Waals surface area contributed by atoms with Crippen molar-refractivity contribution in [1.29, 1.82) is 0 Å². The zero-order chi connectivity index (χ0) is 26.2. The third-order valence-corrected chi connectivity index (χ3v) is 8.77. The molecule has 0 radical (unpaired) electrons. The molecule has 1 aromatic heterocycles. The molecule has 2 heteroatoms. The van der Waals surface area contributed by atoms with Gasteiger partial charge in [0.05, 0.1) is 11.8 Å². The van der Waals surface area contributed by atoms with Crippen LogP contribution in [-0.2, 0) is 0 Å². The normalized spacial score (nSPS) is 15.5. The Hall–Kier alpha value is -4.53. The van der Waals surface area contributed by atoms with E-state index in [-0.39, 0.29) is 6.04 Å². The van der Waals surface area contributed by atoms with E-state index >= 15 is 0 Å². The van der Waals surface area contributed by atoms with Crippen LogP contribution >= 0.6 is 11.3 Å². The van der Waals surface area contributed by atoms with Gasteiger partial charge in [-0.15, -0.1) is 11.3 Å². The first-order chi connectivity index (χ1) is 19.3. The molecule has 0 saturated carbocycles. The van der Waals surface area contributed by atoms with Crippen LogP contribution in [0.5, 0.6) is 0 Å². The minimum absolute atomic E-state index is 0.0580. The molecule has 6 aromatic rings. The van der Waals surface area contributed by atoms with Crippen LogP contribution < -0.4 is 0 Å². The highest BCUT2D eigenvalue weighted by Crippen LogP contribution is 2.42. The molecule has 7 rings (SSSR count). The van der Waals surface area contributed by atoms with Gasteiger partial charge in [0.2, 0.25) is 0 Å². The van der Waals surface area contributed by atoms with E-state index in [2.05, 4.69) is 146 Å². The van der Waals surface area contributed by atoms with Crippen LogP contribution in [0.2, 0.25) is 0 Å². The molecule has 0 amide bonds. The standard InChI is InChI=1S/C37H27NS/c1-25-29(26-13-5-2-6-14-26)23-24-33(28-17-9-4-10-18-28)38-36(25)31-20-12-22-34-35(31)32-21-11-19-30(37(32)39-34)27-15-7-3-8-16-27/h2-24,33H,1H3/t33-/m0/s1. The third-order valence-electron chi connectivity index (χ3n) is 7.56. The van der Waals surface area contributed by atoms with E-state index in [1.54, 1.807) is 0 Å². The lowest BCUT2D eigenvalue weighted by atomic mass is 9.92. The Kier molecular flexibility index (Phi) is 6.03. The van der Waals surface area contributed by atoms with Crippen molar-refractivity contribution in [1.82, 2.24) is 0 Å². The highest BCUT2D eigenvalue weighted by molar-refractivity contribution is 7.26. The van der Waals surface area contributed by atoms with Crippen LogP contribution in [-0.4, -0.2) is 5.71 Å². The summed E-state index contributed by atoms with van der Waals surface area (Å²) in [5.41, 5.74) is 9.60. The second-order valence-electron chi connectivity index (χ2n) is 9.93. The predicted molar refractivity (Wildman–Crippen MR) is 169 cm³/mol. The maximum atomic E-state index is 5.47. The van der Waals surface area contributed by atoms with Crippen molar-refractivity contribution in [2.75, 3.05) is 0 Å². The largest absolute Gasteiger partial charge is 0.272 e. The number of thiophene rings is 1. The van der Waals surface area contributed by atoms with E-state index in [1.807, 2.05) is 11.3 Å². The van der Waals surface area contributed by atoms with Gasteiger partial charge in [0.15, 0.2) is 0 Å². The van der Waals surface area contributed by atoms with Crippen LogP contribution in [0.1, 0.15) is 29.7 Å². The second-order valence-corrected chi connectivity index (χ2v) is 11.0. The van der Waals surface area contributed by atoms with Gasteiger partial charge in [-0.3, -0.25) is 4.99 Å². The Morgan fingerprint density at radius 2 is 1.26 bits per heavy atom. The minimum atomic E-state index is -0.0580. The van der Waals surface area contributed by atoms with E-state index < -0.39 is 0 Å². The van der Waals surface area contributed by atoms with Gasteiger partial charge in [-0.05, 0) is 46.4 Å². The zero-order valence-electron chi connectivity index (χ0n) is 21.7. The summed E-state index contributed by atoms with van der Waals surface area (Å²) in [6.45, 7) is 2.22. The number of fused-ring (bicyclic) bond motifs is 3. The maximum absolute atomic E-state index is 5.47. The van der Waals surface area contributed by atoms with Crippen molar-refractivity contribution in [3.8, 4) is 11.1 Å². The maximum Gasteiger partial charge on any atom is 0.0941 e. The van der Waals surface area contributed by atoms with E-state index in [1.165, 1.54) is 59.1 Å². The van der Waals surface area contributed by atoms with Crippen molar-refractivity contribution in [3.05, 3.63) is 162 Å². The molecule has 39 heavy (non-hydrogen) atoms. The Morgan fingerprint density at radius 3 is 2.00 bits per heavy atom. The molecular weight excluding hydrogens is 490 g/mol. The van der Waals surface area contributed by atoms with E-state index in [9.17, 15) is 0 Å². The van der Waals surface area contributed by atoms with Crippen LogP contribution in [0.3, 0.4) is 0 Å². The van der Waals surface area contributed by atoms with Gasteiger partial charge in [-0.25, -0.2) is 0 Å². The van der Waals surface area contributed by atoms with Crippen LogP contribution in [0, 0.1) is 0 Å². The summed E-state index contributed by atoms with van der Waals surface area (Å²) in [7, 11) is 0. The number of nitrogens with zero attached hydrogens (tertiary/aromatic N) is 1. The molecule has 0 unspecified atom stereocenters. The molecule has 5 aromatic carbocycles. The molecule has 1 aliphatic heterocycles. The lowest BCUT2D eigenvalue weighted by Gasteiger charge is -2.14. The molecule has 0 spiro atoms. The van der Waals surface area contributed by atoms with Crippen molar-refractivity contribution in [2.24, 2.45) is 4.99 Å². The Balaban J connectivity index is 1.50. The van der Waals surface area contributed by atoms with E-state index in [4.69, 9.17) is 4.99 Å². The first kappa shape index (κ1) is 23.6. The van der Waals surface area contributed by atoms with Crippen LogP contribution in [0.25, 0.3) is 36.9 Å². The number of rotatable bonds is 4. The average Bonchev–Trinajstić information content (AvgIpc) is 3.30. The fourth-order valence-electron chi connectivity index (χ4n) is 5.65. The third kappa shape index (κ3) is 4.24. The highest BCUT2D eigenvalue weighted by atomic mass is 32.1. The first-order valence-electron chi connectivity index (χ1n) is 13.4. The lowest BCUT2D eigenvalue weighted by Crippen LogP contribution is -2.07. The van der Waals surface area contributed by atoms with Crippen LogP contribution in [0.15, 0.2) is 150 Å². The van der Waals surface area contributed by atoms with Gasteiger partial charge < -0.3 is 0 Å². The summed E-state index contributed by atoms with van der Waals surface area (Å²) >= 11 is 1.88. The average molecular weight is 518 g/mol. The lowest BCUT2D eigenvalue weighted by molar-refractivity contribution is 0.915. The number of allylic oxidation sites excluding steroid dienone is 3. The van der Waals surface area contributed by atoms with Gasteiger partial charge >= 0.3 is 0 Å². The Bertz CT molecular complexity index is 1890. The zero-order valence-corrected chi connectivity index (χ0v) is 22.5. The van der Waals surface area contributed by atoms with Crippen LogP contribution in [0.4, 0.5) is 0 Å². The Labute approximate surface area is 233 Å². The van der Waals surface area contributed by atoms with Crippen molar-refractivity contribution < 1.29 is 0 Å². The minimum Gasteiger partial charge on any atom is -0.272 e. The van der Waals surface area contributed by atoms with Crippen molar-refractivity contribution in [3.63, 3.8) is 0 Å². The fraction of sp³-hybridized carbons (Fsp3) is 0.0541. The molecule has 0 aliphatic carbocycles. The highest BCUT2D eigenvalue weighted by Gasteiger charge is 2.22. The van der Waals surface area contributed by atoms with Crippen molar-refractivity contribution in [2.45, 2.75) is 13.0 Å². The quantitative estimate of drug-likeness (QED) is 0.221. The SMILES string of the molecule is CC1=C(c2ccccc2)C=C[C@@H](c2ccccc2)N=C1c1cccc2sc3c(-c4ccccc4)cccc3c12. The molecule has 0 fully saturated rings. The molecule has 1 atom stereocenters. The second kappa shape index (κ2) is 9.98. The molecular formula is C37H27NS. The molecule has 2 heterocycles. The molecule has 0 saturated heterocycles. The van der Waals surface area contributed by atoms with Crippen molar-refractivity contribution >= 4 is 42.8 Å². The van der Waals surface area contributed by atoms with E-state index in [0.717, 1.165) is 5.71 Å². The fourth-order valence-corrected chi connectivity index (χ4v) is 6.91. The molecule has 186 valence electrons. The summed E-state index contributed by atoms with van der Waals surface area (Å²) in [4.78, 5) is 5.47. The topological polar surface area (TPSA) is 12.4 Å². The van der Waals surface area contributed by atoms with Gasteiger partial charge in [0, 0.05) is 25.7 Å². The molecule has 1 aliphatic rings.